The Morgan fingerprint density at radius 2 is 1.68 bits per heavy atom. The first kappa shape index (κ1) is 18.0. The molecule has 0 saturated heterocycles. The smallest absolute Gasteiger partial charge is 0.278 e. The summed E-state index contributed by atoms with van der Waals surface area (Å²) in [5.41, 5.74) is 1.23. The Hall–Kier alpha value is -2.07. The highest BCUT2D eigenvalue weighted by Crippen LogP contribution is 2.55. The number of hydrogen-bond donors (Lipinski definition) is 2. The van der Waals surface area contributed by atoms with E-state index in [-0.39, 0.29) is 23.5 Å². The number of nitrogens with one attached hydrogen (secondary N) is 1. The number of hydrogen-bond acceptors (Lipinski definition) is 2. The molecule has 148 valence electrons. The van der Waals surface area contributed by atoms with E-state index in [0.29, 0.717) is 0 Å². The summed E-state index contributed by atoms with van der Waals surface area (Å²) in [6.07, 6.45) is 9.47. The minimum atomic E-state index is -0.164. The van der Waals surface area contributed by atoms with Crippen molar-refractivity contribution < 1.29 is 14.5 Å². The molecule has 4 bridgehead atoms. The number of carbonyl (C=O) groups excluding carboxylic acids is 1. The van der Waals surface area contributed by atoms with Crippen LogP contribution in [0.3, 0.4) is 0 Å². The van der Waals surface area contributed by atoms with Crippen LogP contribution < -0.4 is 10.6 Å². The first-order valence-electron chi connectivity index (χ1n) is 10.9. The highest BCUT2D eigenvalue weighted by Gasteiger charge is 2.52. The van der Waals surface area contributed by atoms with Crippen LogP contribution >= 0.6 is 0 Å². The Labute approximate surface area is 167 Å². The molecule has 0 unspecified atom stereocenters. The maximum Gasteiger partial charge on any atom is 0.278 e. The SMILES string of the molecule is C[C@H]([NH2+][C@H](c1ccccc1)c1ccco1)C(=O)NC12CC3CC(CC(C3)C1)C2. The molecule has 0 aliphatic heterocycles. The minimum Gasteiger partial charge on any atom is -0.463 e. The van der Waals surface area contributed by atoms with Crippen molar-refractivity contribution in [3.8, 4) is 0 Å². The molecule has 1 aromatic heterocycles. The zero-order chi connectivity index (χ0) is 19.1. The molecule has 2 aromatic rings. The van der Waals surface area contributed by atoms with Crippen LogP contribution in [0.5, 0.6) is 0 Å². The summed E-state index contributed by atoms with van der Waals surface area (Å²) < 4.78 is 5.70. The number of benzene rings is 1. The first-order chi connectivity index (χ1) is 13.6. The Bertz CT molecular complexity index is 779. The van der Waals surface area contributed by atoms with Gasteiger partial charge in [0.25, 0.3) is 5.91 Å². The van der Waals surface area contributed by atoms with E-state index in [1.54, 1.807) is 6.26 Å². The van der Waals surface area contributed by atoms with Gasteiger partial charge in [0, 0.05) is 11.1 Å². The van der Waals surface area contributed by atoms with Crippen LogP contribution in [0.2, 0.25) is 0 Å². The van der Waals surface area contributed by atoms with Gasteiger partial charge in [-0.05, 0) is 75.3 Å². The van der Waals surface area contributed by atoms with Gasteiger partial charge in [-0.1, -0.05) is 30.3 Å². The maximum atomic E-state index is 13.2. The average Bonchev–Trinajstić information content (AvgIpc) is 3.19. The lowest BCUT2D eigenvalue weighted by molar-refractivity contribution is -0.706. The second kappa shape index (κ2) is 7.07. The third kappa shape index (κ3) is 3.39. The predicted molar refractivity (Wildman–Crippen MR) is 107 cm³/mol. The lowest BCUT2D eigenvalue weighted by atomic mass is 9.53. The molecule has 4 fully saturated rings. The van der Waals surface area contributed by atoms with Crippen LogP contribution in [0.25, 0.3) is 0 Å². The Balaban J connectivity index is 1.30. The zero-order valence-corrected chi connectivity index (χ0v) is 16.6. The van der Waals surface area contributed by atoms with E-state index >= 15 is 0 Å². The van der Waals surface area contributed by atoms with Gasteiger partial charge in [-0.3, -0.25) is 4.79 Å². The van der Waals surface area contributed by atoms with Gasteiger partial charge in [0.1, 0.15) is 0 Å². The summed E-state index contributed by atoms with van der Waals surface area (Å²) in [5.74, 6) is 3.58. The molecule has 1 amide bonds. The fraction of sp³-hybridized carbons (Fsp3) is 0.542. The molecule has 0 spiro atoms. The second-order valence-corrected chi connectivity index (χ2v) is 9.57. The number of furan rings is 1. The van der Waals surface area contributed by atoms with Crippen molar-refractivity contribution in [2.45, 2.75) is 63.1 Å². The number of carbonyl (C=O) groups is 1. The van der Waals surface area contributed by atoms with E-state index in [2.05, 4.69) is 22.8 Å². The van der Waals surface area contributed by atoms with Gasteiger partial charge in [-0.15, -0.1) is 0 Å². The first-order valence-corrected chi connectivity index (χ1v) is 10.9. The largest absolute Gasteiger partial charge is 0.463 e. The van der Waals surface area contributed by atoms with E-state index in [1.165, 1.54) is 38.5 Å². The molecule has 4 aliphatic carbocycles. The van der Waals surface area contributed by atoms with E-state index in [4.69, 9.17) is 4.42 Å². The fourth-order valence-electron chi connectivity index (χ4n) is 6.51. The monoisotopic (exact) mass is 379 g/mol. The van der Waals surface area contributed by atoms with Gasteiger partial charge in [-0.25, -0.2) is 0 Å². The molecule has 4 aliphatic rings. The molecule has 4 nitrogen and oxygen atoms in total. The van der Waals surface area contributed by atoms with Crippen LogP contribution in [0, 0.1) is 17.8 Å². The predicted octanol–water partition coefficient (Wildman–Crippen LogP) is 3.41. The summed E-state index contributed by atoms with van der Waals surface area (Å²) in [6.45, 7) is 2.02. The van der Waals surface area contributed by atoms with Crippen molar-refractivity contribution >= 4 is 5.91 Å². The third-order valence-corrected chi connectivity index (χ3v) is 7.33. The standard InChI is InChI=1S/C24H30N2O2/c1-16(25-22(21-8-5-9-28-21)20-6-3-2-4-7-20)23(27)26-24-13-17-10-18(14-24)12-19(11-17)15-24/h2-9,16-19,22,25H,10-15H2,1H3,(H,26,27)/p+1/t16-,17?,18?,19?,22+,24?/m0/s1. The van der Waals surface area contributed by atoms with E-state index < -0.39 is 0 Å². The number of nitrogens with two attached hydrogens (primary N) is 1. The lowest BCUT2D eigenvalue weighted by Gasteiger charge is -2.57. The molecule has 4 heteroatoms. The van der Waals surface area contributed by atoms with E-state index in [9.17, 15) is 4.79 Å². The van der Waals surface area contributed by atoms with Crippen molar-refractivity contribution in [2.24, 2.45) is 17.8 Å². The van der Waals surface area contributed by atoms with Crippen molar-refractivity contribution in [3.63, 3.8) is 0 Å². The summed E-state index contributed by atoms with van der Waals surface area (Å²) in [7, 11) is 0. The van der Waals surface area contributed by atoms with E-state index in [0.717, 1.165) is 29.1 Å². The topological polar surface area (TPSA) is 58.9 Å². The Morgan fingerprint density at radius 1 is 1.04 bits per heavy atom. The molecule has 4 saturated carbocycles. The molecular weight excluding hydrogens is 348 g/mol. The fourth-order valence-corrected chi connectivity index (χ4v) is 6.51. The second-order valence-electron chi connectivity index (χ2n) is 9.57. The normalized spacial score (nSPS) is 32.8. The lowest BCUT2D eigenvalue weighted by Crippen LogP contribution is -2.93. The maximum absolute atomic E-state index is 13.2. The molecule has 3 N–H and O–H groups in total. The summed E-state index contributed by atoms with van der Waals surface area (Å²) in [6, 6.07) is 14.1. The summed E-state index contributed by atoms with van der Waals surface area (Å²) >= 11 is 0. The van der Waals surface area contributed by atoms with Gasteiger partial charge >= 0.3 is 0 Å². The van der Waals surface area contributed by atoms with Gasteiger partial charge < -0.3 is 15.1 Å². The number of amides is 1. The Kier molecular flexibility index (Phi) is 4.54. The van der Waals surface area contributed by atoms with Crippen LogP contribution in [0.1, 0.15) is 62.8 Å². The molecule has 6 rings (SSSR count). The number of quaternary nitrogens is 1. The van der Waals surface area contributed by atoms with Gasteiger partial charge in [0.2, 0.25) is 0 Å². The zero-order valence-electron chi connectivity index (χ0n) is 16.6. The van der Waals surface area contributed by atoms with E-state index in [1.807, 2.05) is 37.3 Å². The van der Waals surface area contributed by atoms with Gasteiger partial charge in [-0.2, -0.15) is 0 Å². The molecule has 1 heterocycles. The number of rotatable bonds is 6. The highest BCUT2D eigenvalue weighted by atomic mass is 16.3. The summed E-state index contributed by atoms with van der Waals surface area (Å²) in [5, 5.41) is 5.67. The summed E-state index contributed by atoms with van der Waals surface area (Å²) in [4.78, 5) is 13.2. The quantitative estimate of drug-likeness (QED) is 0.808. The Morgan fingerprint density at radius 3 is 2.25 bits per heavy atom. The van der Waals surface area contributed by atoms with Crippen LogP contribution in [0.15, 0.2) is 53.1 Å². The van der Waals surface area contributed by atoms with Crippen molar-refractivity contribution in [1.82, 2.24) is 5.32 Å². The average molecular weight is 380 g/mol. The molecule has 1 aromatic carbocycles. The van der Waals surface area contributed by atoms with Crippen molar-refractivity contribution in [2.75, 3.05) is 0 Å². The molecule has 0 radical (unpaired) electrons. The van der Waals surface area contributed by atoms with Crippen LogP contribution in [-0.4, -0.2) is 17.5 Å². The third-order valence-electron chi connectivity index (χ3n) is 7.33. The molecule has 28 heavy (non-hydrogen) atoms. The molecule has 2 atom stereocenters. The van der Waals surface area contributed by atoms with Gasteiger partial charge in [0.15, 0.2) is 17.8 Å². The van der Waals surface area contributed by atoms with Crippen molar-refractivity contribution in [1.29, 1.82) is 0 Å². The van der Waals surface area contributed by atoms with Crippen LogP contribution in [-0.2, 0) is 4.79 Å². The van der Waals surface area contributed by atoms with Crippen LogP contribution in [0.4, 0.5) is 0 Å². The highest BCUT2D eigenvalue weighted by molar-refractivity contribution is 5.80. The minimum absolute atomic E-state index is 0.00619. The van der Waals surface area contributed by atoms with Gasteiger partial charge in [0.05, 0.1) is 6.26 Å². The molecular formula is C24H31N2O2+. The van der Waals surface area contributed by atoms with Crippen molar-refractivity contribution in [3.05, 3.63) is 60.1 Å².